The minimum atomic E-state index is -0.110. The zero-order valence-corrected chi connectivity index (χ0v) is 14.3. The summed E-state index contributed by atoms with van der Waals surface area (Å²) in [5, 5.41) is 0. The summed E-state index contributed by atoms with van der Waals surface area (Å²) in [5.74, 6) is -0.110. The molecule has 1 aromatic heterocycles. The molecule has 1 heterocycles. The molecule has 0 fully saturated rings. The van der Waals surface area contributed by atoms with Crippen LogP contribution in [0, 0.1) is 0 Å². The first-order valence-electron chi connectivity index (χ1n) is 8.77. The fourth-order valence-electron chi connectivity index (χ4n) is 2.23. The summed E-state index contributed by atoms with van der Waals surface area (Å²) in [6, 6.07) is 3.76. The quantitative estimate of drug-likeness (QED) is 0.296. The average molecular weight is 315 g/mol. The van der Waals surface area contributed by atoms with Crippen LogP contribution in [0.1, 0.15) is 70.3 Å². The topological polar surface area (TPSA) is 39.2 Å². The van der Waals surface area contributed by atoms with Gasteiger partial charge >= 0.3 is 5.97 Å². The number of hydrogen-bond acceptors (Lipinski definition) is 3. The molecule has 3 nitrogen and oxygen atoms in total. The zero-order valence-electron chi connectivity index (χ0n) is 14.3. The molecule has 0 radical (unpaired) electrons. The number of ether oxygens (including phenoxy) is 1. The van der Waals surface area contributed by atoms with Crippen LogP contribution in [-0.2, 0) is 16.1 Å². The van der Waals surface area contributed by atoms with E-state index in [4.69, 9.17) is 4.74 Å². The fourth-order valence-corrected chi connectivity index (χ4v) is 2.23. The molecule has 0 amide bonds. The molecule has 0 aromatic carbocycles. The predicted octanol–water partition coefficient (Wildman–Crippen LogP) is 5.37. The van der Waals surface area contributed by atoms with Gasteiger partial charge < -0.3 is 4.74 Å². The molecule has 0 N–H and O–H groups in total. The van der Waals surface area contributed by atoms with E-state index in [-0.39, 0.29) is 5.97 Å². The van der Waals surface area contributed by atoms with Crippen molar-refractivity contribution in [1.82, 2.24) is 4.98 Å². The molecule has 23 heavy (non-hydrogen) atoms. The number of hydrogen-bond donors (Lipinski definition) is 0. The number of esters is 1. The van der Waals surface area contributed by atoms with E-state index in [0.29, 0.717) is 13.0 Å². The van der Waals surface area contributed by atoms with Crippen LogP contribution >= 0.6 is 0 Å². The van der Waals surface area contributed by atoms with Gasteiger partial charge in [0.15, 0.2) is 0 Å². The van der Waals surface area contributed by atoms with Gasteiger partial charge in [-0.2, -0.15) is 0 Å². The lowest BCUT2D eigenvalue weighted by Crippen LogP contribution is -2.04. The van der Waals surface area contributed by atoms with Crippen molar-refractivity contribution in [3.05, 3.63) is 48.0 Å². The van der Waals surface area contributed by atoms with Crippen molar-refractivity contribution in [2.45, 2.75) is 71.3 Å². The van der Waals surface area contributed by atoms with Crippen molar-refractivity contribution in [2.24, 2.45) is 0 Å². The molecule has 0 unspecified atom stereocenters. The molecule has 0 aliphatic heterocycles. The fraction of sp³-hybridized carbons (Fsp3) is 0.550. The summed E-state index contributed by atoms with van der Waals surface area (Å²) in [7, 11) is 0. The zero-order chi connectivity index (χ0) is 16.6. The Labute approximate surface area is 140 Å². The van der Waals surface area contributed by atoms with E-state index in [1.165, 1.54) is 25.7 Å². The number of aromatic nitrogens is 1. The average Bonchev–Trinajstić information content (AvgIpc) is 2.59. The van der Waals surface area contributed by atoms with Gasteiger partial charge in [0, 0.05) is 24.4 Å². The van der Waals surface area contributed by atoms with Crippen LogP contribution in [0.5, 0.6) is 0 Å². The molecule has 3 heteroatoms. The van der Waals surface area contributed by atoms with Gasteiger partial charge in [0.05, 0.1) is 0 Å². The highest BCUT2D eigenvalue weighted by molar-refractivity contribution is 5.69. The molecule has 0 saturated heterocycles. The third-order valence-corrected chi connectivity index (χ3v) is 3.54. The number of rotatable bonds is 12. The van der Waals surface area contributed by atoms with Gasteiger partial charge in [0.2, 0.25) is 0 Å². The number of pyridine rings is 1. The third kappa shape index (κ3) is 11.4. The van der Waals surface area contributed by atoms with E-state index in [1.807, 2.05) is 12.1 Å². The van der Waals surface area contributed by atoms with E-state index in [1.54, 1.807) is 12.4 Å². The SMILES string of the molecule is CCC=C=CCCCCCCCCC(=O)OCc1cccnc1. The van der Waals surface area contributed by atoms with Gasteiger partial charge in [-0.15, -0.1) is 5.73 Å². The molecular formula is C20H29NO2. The third-order valence-electron chi connectivity index (χ3n) is 3.54. The Balaban J connectivity index is 1.90. The molecule has 0 aliphatic carbocycles. The summed E-state index contributed by atoms with van der Waals surface area (Å²) >= 11 is 0. The first-order chi connectivity index (χ1) is 11.3. The van der Waals surface area contributed by atoms with Crippen molar-refractivity contribution < 1.29 is 9.53 Å². The minimum Gasteiger partial charge on any atom is -0.461 e. The number of allylic oxidation sites excluding steroid dienone is 1. The van der Waals surface area contributed by atoms with Crippen molar-refractivity contribution in [2.75, 3.05) is 0 Å². The summed E-state index contributed by atoms with van der Waals surface area (Å²) in [4.78, 5) is 15.6. The first-order valence-corrected chi connectivity index (χ1v) is 8.77. The maximum absolute atomic E-state index is 11.6. The molecule has 1 rings (SSSR count). The maximum atomic E-state index is 11.6. The van der Waals surface area contributed by atoms with E-state index in [9.17, 15) is 4.79 Å². The Kier molecular flexibility index (Phi) is 11.5. The summed E-state index contributed by atoms with van der Waals surface area (Å²) in [6.45, 7) is 2.45. The van der Waals surface area contributed by atoms with Gasteiger partial charge in [-0.05, 0) is 43.9 Å². The largest absolute Gasteiger partial charge is 0.461 e. The Morgan fingerprint density at radius 3 is 2.70 bits per heavy atom. The lowest BCUT2D eigenvalue weighted by atomic mass is 10.1. The summed E-state index contributed by atoms with van der Waals surface area (Å²) in [6.07, 6.45) is 17.3. The second-order valence-corrected chi connectivity index (χ2v) is 5.67. The molecule has 0 bridgehead atoms. The van der Waals surface area contributed by atoms with Gasteiger partial charge in [0.25, 0.3) is 0 Å². The predicted molar refractivity (Wildman–Crippen MR) is 93.9 cm³/mol. The van der Waals surface area contributed by atoms with E-state index in [0.717, 1.165) is 31.2 Å². The maximum Gasteiger partial charge on any atom is 0.306 e. The molecule has 0 spiro atoms. The van der Waals surface area contributed by atoms with Crippen LogP contribution < -0.4 is 0 Å². The standard InChI is InChI=1S/C20H29NO2/c1-2-3-4-5-6-7-8-9-10-11-12-15-20(22)23-18-19-14-13-16-21-17-19/h3,5,13-14,16-17H,2,6-12,15,18H2,1H3. The lowest BCUT2D eigenvalue weighted by Gasteiger charge is -2.04. The van der Waals surface area contributed by atoms with Crippen molar-refractivity contribution in [3.8, 4) is 0 Å². The monoisotopic (exact) mass is 315 g/mol. The van der Waals surface area contributed by atoms with Gasteiger partial charge in [-0.25, -0.2) is 0 Å². The lowest BCUT2D eigenvalue weighted by molar-refractivity contribution is -0.145. The highest BCUT2D eigenvalue weighted by Gasteiger charge is 2.03. The highest BCUT2D eigenvalue weighted by Crippen LogP contribution is 2.10. The Morgan fingerprint density at radius 1 is 1.17 bits per heavy atom. The van der Waals surface area contributed by atoms with Crippen molar-refractivity contribution in [3.63, 3.8) is 0 Å². The molecular weight excluding hydrogens is 286 g/mol. The van der Waals surface area contributed by atoms with Crippen LogP contribution in [-0.4, -0.2) is 11.0 Å². The van der Waals surface area contributed by atoms with Crippen molar-refractivity contribution in [1.29, 1.82) is 0 Å². The Morgan fingerprint density at radius 2 is 1.96 bits per heavy atom. The molecule has 0 aliphatic rings. The second-order valence-electron chi connectivity index (χ2n) is 5.67. The van der Waals surface area contributed by atoms with Crippen molar-refractivity contribution >= 4 is 5.97 Å². The number of nitrogens with zero attached hydrogens (tertiary/aromatic N) is 1. The molecule has 1 aromatic rings. The Bertz CT molecular complexity index is 476. The molecule has 126 valence electrons. The van der Waals surface area contributed by atoms with Crippen LogP contribution in [0.25, 0.3) is 0 Å². The summed E-state index contributed by atoms with van der Waals surface area (Å²) in [5.41, 5.74) is 4.11. The number of unbranched alkanes of at least 4 members (excludes halogenated alkanes) is 6. The minimum absolute atomic E-state index is 0.110. The summed E-state index contributed by atoms with van der Waals surface area (Å²) < 4.78 is 5.23. The van der Waals surface area contributed by atoms with Gasteiger partial charge in [-0.1, -0.05) is 38.7 Å². The van der Waals surface area contributed by atoms with Crippen LogP contribution in [0.2, 0.25) is 0 Å². The molecule has 0 saturated carbocycles. The highest BCUT2D eigenvalue weighted by atomic mass is 16.5. The molecule has 0 atom stereocenters. The normalized spacial score (nSPS) is 9.96. The van der Waals surface area contributed by atoms with E-state index < -0.39 is 0 Å². The number of carbonyl (C=O) groups is 1. The van der Waals surface area contributed by atoms with E-state index >= 15 is 0 Å². The first kappa shape index (κ1) is 19.2. The van der Waals surface area contributed by atoms with Gasteiger partial charge in [-0.3, -0.25) is 9.78 Å². The smallest absolute Gasteiger partial charge is 0.306 e. The van der Waals surface area contributed by atoms with Crippen LogP contribution in [0.4, 0.5) is 0 Å². The Hall–Kier alpha value is -1.86. The number of carbonyl (C=O) groups excluding carboxylic acids is 1. The van der Waals surface area contributed by atoms with Crippen LogP contribution in [0.3, 0.4) is 0 Å². The van der Waals surface area contributed by atoms with E-state index in [2.05, 4.69) is 29.8 Å². The second kappa shape index (κ2) is 13.8. The van der Waals surface area contributed by atoms with Crippen LogP contribution in [0.15, 0.2) is 42.4 Å². The van der Waals surface area contributed by atoms with Gasteiger partial charge in [0.1, 0.15) is 6.61 Å².